The Morgan fingerprint density at radius 3 is 2.90 bits per heavy atom. The maximum atomic E-state index is 8.84. The number of benzene rings is 1. The number of nitrogens with zero attached hydrogens (tertiary/aromatic N) is 1. The van der Waals surface area contributed by atoms with Crippen molar-refractivity contribution in [3.8, 4) is 11.8 Å². The molecule has 0 fully saturated rings. The van der Waals surface area contributed by atoms with Crippen molar-refractivity contribution < 1.29 is 5.11 Å². The second kappa shape index (κ2) is 6.91. The lowest BCUT2D eigenvalue weighted by molar-refractivity contribution is 0.263. The van der Waals surface area contributed by atoms with Crippen molar-refractivity contribution in [2.45, 2.75) is 25.9 Å². The molecule has 0 bridgehead atoms. The van der Waals surface area contributed by atoms with Crippen LogP contribution < -0.4 is 0 Å². The molecule has 1 aliphatic rings. The molecule has 0 atom stereocenters. The number of aryl methyl sites for hydroxylation is 1. The van der Waals surface area contributed by atoms with Gasteiger partial charge in [-0.2, -0.15) is 0 Å². The summed E-state index contributed by atoms with van der Waals surface area (Å²) in [6.45, 7) is 3.01. The van der Waals surface area contributed by atoms with Crippen LogP contribution in [-0.4, -0.2) is 23.2 Å². The third-order valence-corrected chi connectivity index (χ3v) is 4.75. The third kappa shape index (κ3) is 3.54. The molecule has 2 nitrogen and oxygen atoms in total. The Morgan fingerprint density at radius 1 is 1.19 bits per heavy atom. The normalized spacial score (nSPS) is 14.9. The van der Waals surface area contributed by atoms with Crippen molar-refractivity contribution >= 4 is 11.3 Å². The summed E-state index contributed by atoms with van der Waals surface area (Å²) in [4.78, 5) is 3.80. The summed E-state index contributed by atoms with van der Waals surface area (Å²) in [5, 5.41) is 10.9. The van der Waals surface area contributed by atoms with Gasteiger partial charge in [-0.3, -0.25) is 4.90 Å². The molecule has 1 aromatic heterocycles. The fraction of sp³-hybridized carbons (Fsp3) is 0.333. The number of aliphatic hydroxyl groups is 1. The Labute approximate surface area is 130 Å². The number of thiophene rings is 1. The summed E-state index contributed by atoms with van der Waals surface area (Å²) in [6.07, 6.45) is 2.38. The van der Waals surface area contributed by atoms with Gasteiger partial charge >= 0.3 is 0 Å². The van der Waals surface area contributed by atoms with E-state index >= 15 is 0 Å². The van der Waals surface area contributed by atoms with Crippen molar-refractivity contribution in [2.24, 2.45) is 0 Å². The van der Waals surface area contributed by atoms with Crippen LogP contribution in [0.15, 0.2) is 35.7 Å². The van der Waals surface area contributed by atoms with Gasteiger partial charge in [-0.05, 0) is 42.0 Å². The van der Waals surface area contributed by atoms with Crippen LogP contribution >= 0.6 is 11.3 Å². The molecule has 0 radical (unpaired) electrons. The maximum absolute atomic E-state index is 8.84. The first-order valence-corrected chi connectivity index (χ1v) is 8.20. The Morgan fingerprint density at radius 2 is 2.05 bits per heavy atom. The lowest BCUT2D eigenvalue weighted by Crippen LogP contribution is -2.22. The lowest BCUT2D eigenvalue weighted by Gasteiger charge is -2.20. The van der Waals surface area contributed by atoms with E-state index < -0.39 is 0 Å². The fourth-order valence-electron chi connectivity index (χ4n) is 2.82. The smallest absolute Gasteiger partial charge is 0.104 e. The summed E-state index contributed by atoms with van der Waals surface area (Å²) in [7, 11) is 0. The predicted molar refractivity (Wildman–Crippen MR) is 87.2 cm³/mol. The summed E-state index contributed by atoms with van der Waals surface area (Å²) in [5.74, 6) is 5.80. The van der Waals surface area contributed by atoms with E-state index in [9.17, 15) is 0 Å². The van der Waals surface area contributed by atoms with Crippen molar-refractivity contribution in [2.75, 3.05) is 13.2 Å². The van der Waals surface area contributed by atoms with Crippen LogP contribution in [0.25, 0.3) is 0 Å². The SMILES string of the molecule is OCC#Cc1ccsc1CN1CCCc2ccccc2C1. The quantitative estimate of drug-likeness (QED) is 0.861. The van der Waals surface area contributed by atoms with E-state index in [1.807, 2.05) is 0 Å². The zero-order valence-electron chi connectivity index (χ0n) is 12.0. The van der Waals surface area contributed by atoms with Crippen LogP contribution in [0.1, 0.15) is 28.0 Å². The van der Waals surface area contributed by atoms with Crippen LogP contribution in [-0.2, 0) is 19.5 Å². The molecule has 1 aromatic carbocycles. The number of aliphatic hydroxyl groups excluding tert-OH is 1. The molecule has 108 valence electrons. The van der Waals surface area contributed by atoms with Gasteiger partial charge in [0.1, 0.15) is 6.61 Å². The number of rotatable bonds is 2. The Bertz CT molecular complexity index is 665. The summed E-state index contributed by atoms with van der Waals surface area (Å²) < 4.78 is 0. The summed E-state index contributed by atoms with van der Waals surface area (Å²) >= 11 is 1.76. The van der Waals surface area contributed by atoms with Gasteiger partial charge in [-0.25, -0.2) is 0 Å². The van der Waals surface area contributed by atoms with Gasteiger partial charge in [0.05, 0.1) is 0 Å². The van der Waals surface area contributed by atoms with Crippen LogP contribution in [0.3, 0.4) is 0 Å². The number of hydrogen-bond acceptors (Lipinski definition) is 3. The Balaban J connectivity index is 1.75. The highest BCUT2D eigenvalue weighted by atomic mass is 32.1. The van der Waals surface area contributed by atoms with Gasteiger partial charge in [0.2, 0.25) is 0 Å². The first kappa shape index (κ1) is 14.3. The van der Waals surface area contributed by atoms with E-state index in [0.29, 0.717) is 0 Å². The largest absolute Gasteiger partial charge is 0.384 e. The molecule has 0 spiro atoms. The first-order valence-electron chi connectivity index (χ1n) is 7.32. The van der Waals surface area contributed by atoms with Crippen molar-refractivity contribution in [1.29, 1.82) is 0 Å². The topological polar surface area (TPSA) is 23.5 Å². The second-order valence-electron chi connectivity index (χ2n) is 5.30. The Hall–Kier alpha value is -1.60. The molecule has 3 rings (SSSR count). The minimum atomic E-state index is -0.0770. The summed E-state index contributed by atoms with van der Waals surface area (Å²) in [6, 6.07) is 10.8. The number of fused-ring (bicyclic) bond motifs is 1. The molecule has 1 N–H and O–H groups in total. The molecule has 1 aliphatic heterocycles. The van der Waals surface area contributed by atoms with Gasteiger partial charge in [-0.1, -0.05) is 36.1 Å². The highest BCUT2D eigenvalue weighted by Gasteiger charge is 2.15. The third-order valence-electron chi connectivity index (χ3n) is 3.85. The molecule has 0 aliphatic carbocycles. The highest BCUT2D eigenvalue weighted by molar-refractivity contribution is 7.10. The average molecular weight is 297 g/mol. The van der Waals surface area contributed by atoms with Gasteiger partial charge < -0.3 is 5.11 Å². The number of hydrogen-bond donors (Lipinski definition) is 1. The van der Waals surface area contributed by atoms with Crippen LogP contribution in [0.4, 0.5) is 0 Å². The second-order valence-corrected chi connectivity index (χ2v) is 6.30. The molecule has 2 aromatic rings. The molecular formula is C18H19NOS. The molecule has 0 unspecified atom stereocenters. The molecule has 0 amide bonds. The maximum Gasteiger partial charge on any atom is 0.104 e. The zero-order chi connectivity index (χ0) is 14.5. The van der Waals surface area contributed by atoms with Crippen molar-refractivity contribution in [1.82, 2.24) is 4.90 Å². The predicted octanol–water partition coefficient (Wildman–Crippen LogP) is 3.04. The van der Waals surface area contributed by atoms with E-state index in [-0.39, 0.29) is 6.61 Å². The standard InChI is InChI=1S/C18H19NOS/c20-11-4-8-16-9-12-21-18(16)14-19-10-3-7-15-5-1-2-6-17(15)13-19/h1-2,5-6,9,12,20H,3,7,10-11,13-14H2. The van der Waals surface area contributed by atoms with E-state index in [2.05, 4.69) is 52.5 Å². The van der Waals surface area contributed by atoms with Crippen molar-refractivity contribution in [3.63, 3.8) is 0 Å². The molecule has 0 saturated heterocycles. The van der Waals surface area contributed by atoms with E-state index in [1.165, 1.54) is 28.8 Å². The van der Waals surface area contributed by atoms with Crippen molar-refractivity contribution in [3.05, 3.63) is 57.3 Å². The van der Waals surface area contributed by atoms with E-state index in [1.54, 1.807) is 11.3 Å². The Kier molecular flexibility index (Phi) is 4.72. The average Bonchev–Trinajstić information content (AvgIpc) is 2.83. The van der Waals surface area contributed by atoms with Gasteiger partial charge in [0.25, 0.3) is 0 Å². The van der Waals surface area contributed by atoms with Crippen LogP contribution in [0.2, 0.25) is 0 Å². The van der Waals surface area contributed by atoms with E-state index in [0.717, 1.165) is 25.2 Å². The molecule has 3 heteroatoms. The summed E-state index contributed by atoms with van der Waals surface area (Å²) in [5.41, 5.74) is 4.01. The highest BCUT2D eigenvalue weighted by Crippen LogP contribution is 2.23. The molecule has 21 heavy (non-hydrogen) atoms. The van der Waals surface area contributed by atoms with Gasteiger partial charge in [0, 0.05) is 23.5 Å². The molecule has 2 heterocycles. The van der Waals surface area contributed by atoms with Gasteiger partial charge in [0.15, 0.2) is 0 Å². The minimum Gasteiger partial charge on any atom is -0.384 e. The van der Waals surface area contributed by atoms with Crippen LogP contribution in [0, 0.1) is 11.8 Å². The fourth-order valence-corrected chi connectivity index (χ4v) is 3.69. The zero-order valence-corrected chi connectivity index (χ0v) is 12.8. The molecule has 0 saturated carbocycles. The first-order chi connectivity index (χ1) is 10.4. The monoisotopic (exact) mass is 297 g/mol. The lowest BCUT2D eigenvalue weighted by atomic mass is 10.0. The molecular weight excluding hydrogens is 278 g/mol. The minimum absolute atomic E-state index is 0.0770. The van der Waals surface area contributed by atoms with E-state index in [4.69, 9.17) is 5.11 Å². The van der Waals surface area contributed by atoms with Crippen LogP contribution in [0.5, 0.6) is 0 Å². The van der Waals surface area contributed by atoms with Gasteiger partial charge in [-0.15, -0.1) is 11.3 Å².